The van der Waals surface area contributed by atoms with Crippen molar-refractivity contribution in [1.29, 1.82) is 0 Å². The van der Waals surface area contributed by atoms with Crippen LogP contribution in [0.5, 0.6) is 0 Å². The summed E-state index contributed by atoms with van der Waals surface area (Å²) in [6, 6.07) is 8.81. The molecule has 1 heterocycles. The lowest BCUT2D eigenvalue weighted by Crippen LogP contribution is -2.24. The molecule has 0 bridgehead atoms. The molecule has 0 aliphatic carbocycles. The van der Waals surface area contributed by atoms with Gasteiger partial charge in [-0.2, -0.15) is 0 Å². The van der Waals surface area contributed by atoms with E-state index >= 15 is 0 Å². The Morgan fingerprint density at radius 1 is 1.33 bits per heavy atom. The summed E-state index contributed by atoms with van der Waals surface area (Å²) in [4.78, 5) is 0. The molecule has 2 unspecified atom stereocenters. The predicted octanol–water partition coefficient (Wildman–Crippen LogP) is 1.96. The molecule has 15 heavy (non-hydrogen) atoms. The Labute approximate surface area is 98.8 Å². The van der Waals surface area contributed by atoms with Crippen LogP contribution in [0.2, 0.25) is 0 Å². The molecule has 1 aromatic carbocycles. The molecule has 3 heteroatoms. The van der Waals surface area contributed by atoms with Crippen LogP contribution in [0.15, 0.2) is 28.7 Å². The van der Waals surface area contributed by atoms with Crippen molar-refractivity contribution in [3.63, 3.8) is 0 Å². The van der Waals surface area contributed by atoms with Gasteiger partial charge in [0.25, 0.3) is 0 Å². The Kier molecular flexibility index (Phi) is 3.78. The summed E-state index contributed by atoms with van der Waals surface area (Å²) in [6.07, 6.45) is 2.20. The first-order chi connectivity index (χ1) is 7.28. The van der Waals surface area contributed by atoms with Crippen molar-refractivity contribution in [3.8, 4) is 0 Å². The maximum Gasteiger partial charge on any atom is 0.0584 e. The van der Waals surface area contributed by atoms with E-state index in [0.29, 0.717) is 12.0 Å². The molecule has 1 aliphatic rings. The van der Waals surface area contributed by atoms with E-state index in [1.807, 2.05) is 0 Å². The zero-order chi connectivity index (χ0) is 10.7. The van der Waals surface area contributed by atoms with Crippen molar-refractivity contribution < 1.29 is 5.11 Å². The van der Waals surface area contributed by atoms with Crippen LogP contribution >= 0.6 is 15.9 Å². The number of hydrogen-bond acceptors (Lipinski definition) is 2. The molecule has 0 saturated carbocycles. The topological polar surface area (TPSA) is 32.3 Å². The van der Waals surface area contributed by atoms with E-state index in [1.165, 1.54) is 5.56 Å². The lowest BCUT2D eigenvalue weighted by molar-refractivity contribution is 0.253. The largest absolute Gasteiger partial charge is 0.395 e. The van der Waals surface area contributed by atoms with Gasteiger partial charge in [-0.1, -0.05) is 28.1 Å². The van der Waals surface area contributed by atoms with Crippen molar-refractivity contribution in [1.82, 2.24) is 5.32 Å². The molecule has 2 atom stereocenters. The van der Waals surface area contributed by atoms with Gasteiger partial charge >= 0.3 is 0 Å². The first-order valence-electron chi connectivity index (χ1n) is 5.36. The van der Waals surface area contributed by atoms with Crippen LogP contribution in [0.25, 0.3) is 0 Å². The summed E-state index contributed by atoms with van der Waals surface area (Å²) >= 11 is 3.43. The molecule has 0 radical (unpaired) electrons. The SMILES string of the molecule is OCC1CC(Cc2ccc(Br)cc2)CN1. The molecule has 1 aliphatic heterocycles. The number of rotatable bonds is 3. The van der Waals surface area contributed by atoms with Crippen molar-refractivity contribution >= 4 is 15.9 Å². The first-order valence-corrected chi connectivity index (χ1v) is 6.16. The summed E-state index contributed by atoms with van der Waals surface area (Å²) in [5, 5.41) is 12.3. The summed E-state index contributed by atoms with van der Waals surface area (Å²) in [5.41, 5.74) is 1.38. The van der Waals surface area contributed by atoms with Gasteiger partial charge in [-0.15, -0.1) is 0 Å². The van der Waals surface area contributed by atoms with Crippen LogP contribution in [-0.4, -0.2) is 24.3 Å². The minimum atomic E-state index is 0.261. The van der Waals surface area contributed by atoms with Crippen molar-refractivity contribution in [2.45, 2.75) is 18.9 Å². The van der Waals surface area contributed by atoms with Gasteiger partial charge in [0.1, 0.15) is 0 Å². The van der Waals surface area contributed by atoms with Crippen molar-refractivity contribution in [2.24, 2.45) is 5.92 Å². The third-order valence-corrected chi connectivity index (χ3v) is 3.50. The van der Waals surface area contributed by atoms with Crippen LogP contribution in [0.1, 0.15) is 12.0 Å². The summed E-state index contributed by atoms with van der Waals surface area (Å²) in [7, 11) is 0. The quantitative estimate of drug-likeness (QED) is 0.880. The second-order valence-corrected chi connectivity index (χ2v) is 5.14. The third-order valence-electron chi connectivity index (χ3n) is 2.97. The standard InChI is InChI=1S/C12H16BrNO/c13-11-3-1-9(2-4-11)5-10-6-12(8-15)14-7-10/h1-4,10,12,14-15H,5-8H2. The average molecular weight is 270 g/mol. The molecule has 1 saturated heterocycles. The van der Waals surface area contributed by atoms with Gasteiger partial charge in [-0.3, -0.25) is 0 Å². The van der Waals surface area contributed by atoms with Crippen molar-refractivity contribution in [2.75, 3.05) is 13.2 Å². The molecule has 0 spiro atoms. The van der Waals surface area contributed by atoms with Gasteiger partial charge < -0.3 is 10.4 Å². The maximum atomic E-state index is 9.02. The smallest absolute Gasteiger partial charge is 0.0584 e. The van der Waals surface area contributed by atoms with E-state index in [-0.39, 0.29) is 6.61 Å². The monoisotopic (exact) mass is 269 g/mol. The molecule has 2 rings (SSSR count). The zero-order valence-corrected chi connectivity index (χ0v) is 10.2. The van der Waals surface area contributed by atoms with E-state index in [1.54, 1.807) is 0 Å². The molecule has 1 aromatic rings. The predicted molar refractivity (Wildman–Crippen MR) is 64.8 cm³/mol. The van der Waals surface area contributed by atoms with E-state index in [0.717, 1.165) is 23.9 Å². The highest BCUT2D eigenvalue weighted by Crippen LogP contribution is 2.20. The minimum absolute atomic E-state index is 0.261. The highest BCUT2D eigenvalue weighted by atomic mass is 79.9. The fourth-order valence-corrected chi connectivity index (χ4v) is 2.42. The first kappa shape index (κ1) is 11.1. The molecule has 0 amide bonds. The number of nitrogens with one attached hydrogen (secondary N) is 1. The maximum absolute atomic E-state index is 9.02. The van der Waals surface area contributed by atoms with E-state index in [4.69, 9.17) is 5.11 Å². The Morgan fingerprint density at radius 2 is 2.07 bits per heavy atom. The van der Waals surface area contributed by atoms with Crippen LogP contribution in [0, 0.1) is 5.92 Å². The van der Waals surface area contributed by atoms with Gasteiger partial charge in [0, 0.05) is 10.5 Å². The number of halogens is 1. The molecule has 0 aromatic heterocycles. The van der Waals surface area contributed by atoms with E-state index in [2.05, 4.69) is 45.5 Å². The Morgan fingerprint density at radius 3 is 2.67 bits per heavy atom. The van der Waals surface area contributed by atoms with Gasteiger partial charge in [-0.25, -0.2) is 0 Å². The second kappa shape index (κ2) is 5.10. The Balaban J connectivity index is 1.90. The van der Waals surface area contributed by atoms with Gasteiger partial charge in [0.05, 0.1) is 6.61 Å². The molecule has 2 N–H and O–H groups in total. The van der Waals surface area contributed by atoms with Crippen LogP contribution in [0.3, 0.4) is 0 Å². The number of aliphatic hydroxyl groups is 1. The van der Waals surface area contributed by atoms with Gasteiger partial charge in [0.2, 0.25) is 0 Å². The summed E-state index contributed by atoms with van der Waals surface area (Å²) in [6.45, 7) is 1.29. The van der Waals surface area contributed by atoms with E-state index in [9.17, 15) is 0 Å². The fraction of sp³-hybridized carbons (Fsp3) is 0.500. The number of hydrogen-bond donors (Lipinski definition) is 2. The fourth-order valence-electron chi connectivity index (χ4n) is 2.15. The lowest BCUT2D eigenvalue weighted by atomic mass is 9.97. The lowest BCUT2D eigenvalue weighted by Gasteiger charge is -2.08. The van der Waals surface area contributed by atoms with Crippen LogP contribution in [0.4, 0.5) is 0 Å². The molecule has 2 nitrogen and oxygen atoms in total. The van der Waals surface area contributed by atoms with Crippen LogP contribution in [-0.2, 0) is 6.42 Å². The number of aliphatic hydroxyl groups excluding tert-OH is 1. The summed E-state index contributed by atoms with van der Waals surface area (Å²) in [5.74, 6) is 0.670. The Hall–Kier alpha value is -0.380. The zero-order valence-electron chi connectivity index (χ0n) is 8.62. The number of benzene rings is 1. The molecular formula is C12H16BrNO. The van der Waals surface area contributed by atoms with Crippen LogP contribution < -0.4 is 5.32 Å². The third kappa shape index (κ3) is 3.03. The normalized spacial score (nSPS) is 25.7. The van der Waals surface area contributed by atoms with Gasteiger partial charge in [-0.05, 0) is 43.0 Å². The minimum Gasteiger partial charge on any atom is -0.395 e. The average Bonchev–Trinajstić information content (AvgIpc) is 2.69. The molecule has 1 fully saturated rings. The van der Waals surface area contributed by atoms with Gasteiger partial charge in [0.15, 0.2) is 0 Å². The molecule has 82 valence electrons. The van der Waals surface area contributed by atoms with E-state index < -0.39 is 0 Å². The summed E-state index contributed by atoms with van der Waals surface area (Å²) < 4.78 is 1.13. The van der Waals surface area contributed by atoms with Crippen molar-refractivity contribution in [3.05, 3.63) is 34.3 Å². The second-order valence-electron chi connectivity index (χ2n) is 4.22. The highest BCUT2D eigenvalue weighted by Gasteiger charge is 2.23. The Bertz CT molecular complexity index is 312. The molecular weight excluding hydrogens is 254 g/mol. The highest BCUT2D eigenvalue weighted by molar-refractivity contribution is 9.10.